The molecule has 12 heavy (non-hydrogen) atoms. The highest BCUT2D eigenvalue weighted by molar-refractivity contribution is 7.81. The highest BCUT2D eigenvalue weighted by atomic mass is 32.1. The first-order chi connectivity index (χ1) is 5.23. The van der Waals surface area contributed by atoms with Crippen LogP contribution in [-0.4, -0.2) is 23.4 Å². The molecule has 0 bridgehead atoms. The fraction of sp³-hybridized carbons (Fsp3) is 0.833. The molecule has 2 nitrogen and oxygen atoms in total. The van der Waals surface area contributed by atoms with E-state index in [4.69, 9.17) is 0 Å². The van der Waals surface area contributed by atoms with E-state index in [9.17, 15) is 18.0 Å². The maximum atomic E-state index is 12.8. The van der Waals surface area contributed by atoms with Gasteiger partial charge in [0.2, 0.25) is 5.91 Å². The summed E-state index contributed by atoms with van der Waals surface area (Å²) in [5, 5.41) is 1.32. The van der Waals surface area contributed by atoms with Gasteiger partial charge in [-0.2, -0.15) is 21.4 Å². The summed E-state index contributed by atoms with van der Waals surface area (Å²) in [7, 11) is 0. The quantitative estimate of drug-likeness (QED) is 0.524. The second kappa shape index (κ2) is 3.55. The topological polar surface area (TPSA) is 29.1 Å². The summed E-state index contributed by atoms with van der Waals surface area (Å²) in [5.74, 6) is -0.922. The van der Waals surface area contributed by atoms with E-state index in [1.165, 1.54) is 5.32 Å². The normalized spacial score (nSPS) is 16.8. The predicted molar refractivity (Wildman–Crippen MR) is 42.1 cm³/mol. The third-order valence-corrected chi connectivity index (χ3v) is 1.67. The lowest BCUT2D eigenvalue weighted by atomic mass is 10.1. The Hall–Kier alpha value is -0.390. The number of carbonyl (C=O) groups excluding carboxylic acids is 1. The van der Waals surface area contributed by atoms with Crippen molar-refractivity contribution in [2.75, 3.05) is 6.67 Å². The predicted octanol–water partition coefficient (Wildman–Crippen LogP) is 1.37. The highest BCUT2D eigenvalue weighted by Crippen LogP contribution is 2.31. The summed E-state index contributed by atoms with van der Waals surface area (Å²) in [6, 6.07) is -3.64. The molecule has 0 radical (unpaired) electrons. The molecule has 1 atom stereocenters. The molecule has 0 aromatic rings. The van der Waals surface area contributed by atoms with Crippen LogP contribution in [0.4, 0.5) is 13.2 Å². The number of rotatable bonds is 3. The molecule has 0 saturated heterocycles. The first kappa shape index (κ1) is 11.6. The van der Waals surface area contributed by atoms with Crippen LogP contribution in [0.25, 0.3) is 0 Å². The van der Waals surface area contributed by atoms with Gasteiger partial charge in [-0.15, -0.1) is 0 Å². The summed E-state index contributed by atoms with van der Waals surface area (Å²) < 4.78 is 35.4. The van der Waals surface area contributed by atoms with Crippen LogP contribution >= 0.6 is 12.6 Å². The molecule has 0 spiro atoms. The number of hydrogen-bond donors (Lipinski definition) is 2. The molecule has 0 aromatic heterocycles. The van der Waals surface area contributed by atoms with Gasteiger partial charge >= 0.3 is 6.05 Å². The largest absolute Gasteiger partial charge is 0.341 e. The molecule has 0 aliphatic heterocycles. The van der Waals surface area contributed by atoms with Crippen molar-refractivity contribution in [1.82, 2.24) is 5.32 Å². The maximum Gasteiger partial charge on any atom is 0.341 e. The summed E-state index contributed by atoms with van der Waals surface area (Å²) >= 11 is 3.40. The zero-order valence-corrected chi connectivity index (χ0v) is 7.59. The van der Waals surface area contributed by atoms with Gasteiger partial charge in [-0.1, -0.05) is 0 Å². The number of alkyl halides is 3. The van der Waals surface area contributed by atoms with Crippen molar-refractivity contribution in [3.05, 3.63) is 0 Å². The van der Waals surface area contributed by atoms with E-state index >= 15 is 0 Å². The molecule has 0 saturated carbocycles. The van der Waals surface area contributed by atoms with Gasteiger partial charge < -0.3 is 0 Å². The Kier molecular flexibility index (Phi) is 3.44. The van der Waals surface area contributed by atoms with Gasteiger partial charge in [0.1, 0.15) is 11.4 Å². The molecule has 6 heteroatoms. The number of hydrogen-bond acceptors (Lipinski definition) is 2. The van der Waals surface area contributed by atoms with Gasteiger partial charge in [0.05, 0.1) is 0 Å². The molecule has 1 amide bonds. The monoisotopic (exact) mass is 201 g/mol. The van der Waals surface area contributed by atoms with Crippen LogP contribution in [0.15, 0.2) is 0 Å². The van der Waals surface area contributed by atoms with Crippen LogP contribution in [0.5, 0.6) is 0 Å². The van der Waals surface area contributed by atoms with Crippen LogP contribution < -0.4 is 5.32 Å². The Morgan fingerprint density at radius 2 is 2.00 bits per heavy atom. The minimum atomic E-state index is -3.64. The van der Waals surface area contributed by atoms with E-state index in [-0.39, 0.29) is 0 Å². The molecule has 0 aliphatic carbocycles. The summed E-state index contributed by atoms with van der Waals surface area (Å²) in [6.07, 6.45) is 0. The molecular formula is C6H10F3NOS. The van der Waals surface area contributed by atoms with Crippen molar-refractivity contribution < 1.29 is 18.0 Å². The van der Waals surface area contributed by atoms with Crippen molar-refractivity contribution in [1.29, 1.82) is 0 Å². The average molecular weight is 201 g/mol. The standard InChI is InChI=1S/C6H10F3NOS/c1-4(11)10-6(8,9)5(2,12)3-7/h12H,3H2,1-2H3,(H,10,11). The average Bonchev–Trinajstić information content (AvgIpc) is 1.84. The van der Waals surface area contributed by atoms with Gasteiger partial charge in [-0.25, -0.2) is 4.39 Å². The molecule has 1 unspecified atom stereocenters. The van der Waals surface area contributed by atoms with Gasteiger partial charge in [0.15, 0.2) is 0 Å². The van der Waals surface area contributed by atoms with E-state index in [1.807, 2.05) is 0 Å². The van der Waals surface area contributed by atoms with Gasteiger partial charge in [-0.05, 0) is 6.92 Å². The second-order valence-corrected chi connectivity index (χ2v) is 3.65. The molecule has 0 aliphatic rings. The Balaban J connectivity index is 4.48. The Bertz CT molecular complexity index is 184. The lowest BCUT2D eigenvalue weighted by Gasteiger charge is -2.30. The van der Waals surface area contributed by atoms with Crippen LogP contribution in [0.1, 0.15) is 13.8 Å². The lowest BCUT2D eigenvalue weighted by molar-refractivity contribution is -0.134. The smallest absolute Gasteiger partial charge is 0.296 e. The molecular weight excluding hydrogens is 191 g/mol. The van der Waals surface area contributed by atoms with Gasteiger partial charge in [-0.3, -0.25) is 10.1 Å². The van der Waals surface area contributed by atoms with E-state index < -0.39 is 23.4 Å². The highest BCUT2D eigenvalue weighted by Gasteiger charge is 2.48. The maximum absolute atomic E-state index is 12.8. The summed E-state index contributed by atoms with van der Waals surface area (Å²) in [4.78, 5) is 10.3. The van der Waals surface area contributed by atoms with Crippen LogP contribution in [0, 0.1) is 0 Å². The molecule has 0 fully saturated rings. The SMILES string of the molecule is CC(=O)NC(F)(F)C(C)(S)CF. The molecule has 0 rings (SSSR count). The molecule has 72 valence electrons. The van der Waals surface area contributed by atoms with Crippen molar-refractivity contribution in [2.45, 2.75) is 24.6 Å². The van der Waals surface area contributed by atoms with Crippen molar-refractivity contribution in [3.63, 3.8) is 0 Å². The Morgan fingerprint density at radius 1 is 1.58 bits per heavy atom. The Labute approximate surface area is 73.9 Å². The van der Waals surface area contributed by atoms with Crippen molar-refractivity contribution in [2.24, 2.45) is 0 Å². The van der Waals surface area contributed by atoms with Crippen LogP contribution in [-0.2, 0) is 4.79 Å². The molecule has 0 aromatic carbocycles. The first-order valence-corrected chi connectivity index (χ1v) is 3.62. The molecule has 1 N–H and O–H groups in total. The fourth-order valence-corrected chi connectivity index (χ4v) is 0.496. The zero-order valence-electron chi connectivity index (χ0n) is 6.70. The van der Waals surface area contributed by atoms with Crippen molar-refractivity contribution in [3.8, 4) is 0 Å². The van der Waals surface area contributed by atoms with E-state index in [1.54, 1.807) is 0 Å². The zero-order chi connectivity index (χ0) is 9.99. The lowest BCUT2D eigenvalue weighted by Crippen LogP contribution is -2.55. The Morgan fingerprint density at radius 3 is 2.25 bits per heavy atom. The number of amides is 1. The fourth-order valence-electron chi connectivity index (χ4n) is 0.440. The van der Waals surface area contributed by atoms with Crippen LogP contribution in [0.2, 0.25) is 0 Å². The molecule has 0 heterocycles. The third-order valence-electron chi connectivity index (χ3n) is 1.27. The van der Waals surface area contributed by atoms with E-state index in [0.717, 1.165) is 13.8 Å². The third kappa shape index (κ3) is 2.58. The first-order valence-electron chi connectivity index (χ1n) is 3.18. The number of thiol groups is 1. The number of nitrogens with one attached hydrogen (secondary N) is 1. The summed E-state index contributed by atoms with van der Waals surface area (Å²) in [5.41, 5.74) is 0. The van der Waals surface area contributed by atoms with Crippen molar-refractivity contribution >= 4 is 18.5 Å². The minimum absolute atomic E-state index is 0.909. The van der Waals surface area contributed by atoms with Gasteiger partial charge in [0.25, 0.3) is 0 Å². The van der Waals surface area contributed by atoms with E-state index in [2.05, 4.69) is 12.6 Å². The number of carbonyl (C=O) groups is 1. The van der Waals surface area contributed by atoms with Gasteiger partial charge in [0, 0.05) is 6.92 Å². The second-order valence-electron chi connectivity index (χ2n) is 2.66. The van der Waals surface area contributed by atoms with E-state index in [0.29, 0.717) is 0 Å². The van der Waals surface area contributed by atoms with Crippen LogP contribution in [0.3, 0.4) is 0 Å². The minimum Gasteiger partial charge on any atom is -0.296 e. The summed E-state index contributed by atoms with van der Waals surface area (Å²) in [6.45, 7) is 0.505. The number of halogens is 3.